The average molecular weight is 431 g/mol. The van der Waals surface area contributed by atoms with E-state index in [9.17, 15) is 13.6 Å². The van der Waals surface area contributed by atoms with E-state index < -0.39 is 11.6 Å². The van der Waals surface area contributed by atoms with Gasteiger partial charge in [-0.15, -0.1) is 0 Å². The van der Waals surface area contributed by atoms with Crippen molar-refractivity contribution in [3.05, 3.63) is 78.4 Å². The summed E-state index contributed by atoms with van der Waals surface area (Å²) in [6.07, 6.45) is 12.9. The van der Waals surface area contributed by atoms with Crippen LogP contribution in [0.5, 0.6) is 0 Å². The first-order valence-corrected chi connectivity index (χ1v) is 10.5. The van der Waals surface area contributed by atoms with Gasteiger partial charge in [0.05, 0.1) is 0 Å². The summed E-state index contributed by atoms with van der Waals surface area (Å²) in [5, 5.41) is 12.2. The molecule has 1 heterocycles. The van der Waals surface area contributed by atoms with Gasteiger partial charge >= 0.3 is 0 Å². The highest BCUT2D eigenvalue weighted by Gasteiger charge is 2.38. The van der Waals surface area contributed by atoms with Gasteiger partial charge in [-0.3, -0.25) is 4.79 Å². The van der Waals surface area contributed by atoms with Gasteiger partial charge in [0.2, 0.25) is 0 Å². The van der Waals surface area contributed by atoms with E-state index in [0.29, 0.717) is 5.57 Å². The van der Waals surface area contributed by atoms with Crippen LogP contribution in [0.25, 0.3) is 5.57 Å². The highest BCUT2D eigenvalue weighted by molar-refractivity contribution is 6.40. The van der Waals surface area contributed by atoms with Crippen LogP contribution < -0.4 is 0 Å². The van der Waals surface area contributed by atoms with Gasteiger partial charge in [0.25, 0.3) is 5.91 Å². The number of oxime groups is 1. The summed E-state index contributed by atoms with van der Waals surface area (Å²) in [6, 6.07) is 3.00. The van der Waals surface area contributed by atoms with Crippen LogP contribution in [0.2, 0.25) is 0 Å². The van der Waals surface area contributed by atoms with Crippen molar-refractivity contribution in [2.75, 3.05) is 6.54 Å². The van der Waals surface area contributed by atoms with E-state index in [1.54, 1.807) is 19.1 Å². The van der Waals surface area contributed by atoms with Crippen molar-refractivity contribution in [3.63, 3.8) is 0 Å². The number of amides is 1. The Morgan fingerprint density at radius 3 is 2.45 bits per heavy atom. The number of nitrogens with zero attached hydrogens (tertiary/aromatic N) is 2. The second-order valence-electron chi connectivity index (χ2n) is 6.90. The SMILES string of the molecule is C=C/C=C\C=C/C.CC.CC1C=C(c2cc(F)ccc2F)CN1C(=O)/C(=N\O)C1CC1. The maximum absolute atomic E-state index is 13.9. The van der Waals surface area contributed by atoms with Gasteiger partial charge in [0.1, 0.15) is 17.3 Å². The van der Waals surface area contributed by atoms with Crippen LogP contribution in [-0.2, 0) is 4.79 Å². The smallest absolute Gasteiger partial charge is 0.272 e. The number of benzene rings is 1. The molecule has 1 N–H and O–H groups in total. The summed E-state index contributed by atoms with van der Waals surface area (Å²) >= 11 is 0. The van der Waals surface area contributed by atoms with E-state index in [4.69, 9.17) is 5.21 Å². The average Bonchev–Trinajstić information content (AvgIpc) is 3.53. The number of allylic oxidation sites excluding steroid dienone is 5. The lowest BCUT2D eigenvalue weighted by Gasteiger charge is -2.22. The predicted octanol–water partition coefficient (Wildman–Crippen LogP) is 6.15. The van der Waals surface area contributed by atoms with E-state index in [1.807, 2.05) is 45.1 Å². The zero-order valence-corrected chi connectivity index (χ0v) is 18.7. The summed E-state index contributed by atoms with van der Waals surface area (Å²) in [5.41, 5.74) is 0.878. The first-order valence-electron chi connectivity index (χ1n) is 10.5. The Bertz CT molecular complexity index is 868. The van der Waals surface area contributed by atoms with Crippen LogP contribution in [0.3, 0.4) is 0 Å². The van der Waals surface area contributed by atoms with Crippen molar-refractivity contribution >= 4 is 17.2 Å². The molecule has 6 heteroatoms. The van der Waals surface area contributed by atoms with Crippen molar-refractivity contribution in [3.8, 4) is 0 Å². The lowest BCUT2D eigenvalue weighted by molar-refractivity contribution is -0.124. The molecule has 1 amide bonds. The van der Waals surface area contributed by atoms with Gasteiger partial charge in [-0.25, -0.2) is 8.78 Å². The van der Waals surface area contributed by atoms with Crippen molar-refractivity contribution in [1.82, 2.24) is 4.90 Å². The fourth-order valence-electron chi connectivity index (χ4n) is 2.99. The maximum atomic E-state index is 13.9. The Balaban J connectivity index is 0.000000457. The van der Waals surface area contributed by atoms with Gasteiger partial charge in [-0.2, -0.15) is 0 Å². The predicted molar refractivity (Wildman–Crippen MR) is 123 cm³/mol. The molecule has 3 rings (SSSR count). The third kappa shape index (κ3) is 7.63. The molecule has 1 aromatic carbocycles. The molecule has 0 aromatic heterocycles. The fourth-order valence-corrected chi connectivity index (χ4v) is 2.99. The van der Waals surface area contributed by atoms with Crippen molar-refractivity contribution in [2.24, 2.45) is 11.1 Å². The number of rotatable bonds is 5. The van der Waals surface area contributed by atoms with Crippen LogP contribution in [0.15, 0.2) is 66.4 Å². The molecule has 1 atom stereocenters. The van der Waals surface area contributed by atoms with Gasteiger partial charge in [0.15, 0.2) is 0 Å². The Morgan fingerprint density at radius 1 is 1.23 bits per heavy atom. The minimum absolute atomic E-state index is 0.0136. The molecule has 1 fully saturated rings. The highest BCUT2D eigenvalue weighted by atomic mass is 19.1. The minimum atomic E-state index is -0.523. The van der Waals surface area contributed by atoms with Crippen LogP contribution >= 0.6 is 0 Å². The number of hydrogen-bond acceptors (Lipinski definition) is 3. The molecule has 1 aliphatic carbocycles. The van der Waals surface area contributed by atoms with Crippen LogP contribution in [0, 0.1) is 17.6 Å². The molecule has 1 aliphatic heterocycles. The summed E-state index contributed by atoms with van der Waals surface area (Å²) in [4.78, 5) is 13.9. The van der Waals surface area contributed by atoms with E-state index in [2.05, 4.69) is 11.7 Å². The van der Waals surface area contributed by atoms with Crippen molar-refractivity contribution in [1.29, 1.82) is 0 Å². The zero-order chi connectivity index (χ0) is 23.4. The molecule has 1 unspecified atom stereocenters. The van der Waals surface area contributed by atoms with E-state index in [-0.39, 0.29) is 35.7 Å². The molecule has 1 saturated carbocycles. The normalized spacial score (nSPS) is 18.3. The lowest BCUT2D eigenvalue weighted by atomic mass is 10.1. The lowest BCUT2D eigenvalue weighted by Crippen LogP contribution is -2.40. The number of hydrogen-bond donors (Lipinski definition) is 1. The Labute approximate surface area is 184 Å². The second kappa shape index (κ2) is 13.3. The number of halogens is 2. The standard InChI is InChI=1S/C16H16F2N2O2.C7H10.C2H6/c1-9-6-11(13-7-12(17)4-5-14(13)18)8-20(9)16(21)15(19-22)10-2-3-10;1-3-5-7-6-4-2;1-2/h4-7,9-10,22H,2-3,8H2,1H3;3-7H,1H2,2H3;1-2H3/b19-15-;6-4-,7-5-;. The van der Waals surface area contributed by atoms with Gasteiger partial charge in [0, 0.05) is 24.1 Å². The molecule has 0 spiro atoms. The summed E-state index contributed by atoms with van der Waals surface area (Å²) in [5.74, 6) is -1.38. The molecular weight excluding hydrogens is 398 g/mol. The van der Waals surface area contributed by atoms with Gasteiger partial charge < -0.3 is 10.1 Å². The first kappa shape index (κ1) is 26.0. The van der Waals surface area contributed by atoms with Crippen LogP contribution in [0.1, 0.15) is 46.1 Å². The van der Waals surface area contributed by atoms with E-state index in [0.717, 1.165) is 31.0 Å². The zero-order valence-electron chi connectivity index (χ0n) is 18.7. The molecule has 0 bridgehead atoms. The molecule has 31 heavy (non-hydrogen) atoms. The largest absolute Gasteiger partial charge is 0.410 e. The summed E-state index contributed by atoms with van der Waals surface area (Å²) < 4.78 is 27.2. The number of carbonyl (C=O) groups excluding carboxylic acids is 1. The fraction of sp³-hybridized carbons (Fsp3) is 0.360. The van der Waals surface area contributed by atoms with E-state index >= 15 is 0 Å². The molecule has 1 aromatic rings. The monoisotopic (exact) mass is 430 g/mol. The molecule has 2 aliphatic rings. The number of carbonyl (C=O) groups is 1. The second-order valence-corrected chi connectivity index (χ2v) is 6.90. The molecule has 0 saturated heterocycles. The molecular formula is C25H32F2N2O2. The minimum Gasteiger partial charge on any atom is -0.410 e. The summed E-state index contributed by atoms with van der Waals surface area (Å²) in [6.45, 7) is 11.5. The Kier molecular flexibility index (Phi) is 11.2. The van der Waals surface area contributed by atoms with Gasteiger partial charge in [-0.1, -0.05) is 62.0 Å². The Morgan fingerprint density at radius 2 is 1.90 bits per heavy atom. The highest BCUT2D eigenvalue weighted by Crippen LogP contribution is 2.33. The summed E-state index contributed by atoms with van der Waals surface area (Å²) in [7, 11) is 0. The third-order valence-corrected chi connectivity index (χ3v) is 4.65. The molecule has 0 radical (unpaired) electrons. The van der Waals surface area contributed by atoms with Gasteiger partial charge in [-0.05, 0) is 50.5 Å². The third-order valence-electron chi connectivity index (χ3n) is 4.65. The van der Waals surface area contributed by atoms with Crippen molar-refractivity contribution < 1.29 is 18.8 Å². The van der Waals surface area contributed by atoms with E-state index in [1.165, 1.54) is 4.90 Å². The topological polar surface area (TPSA) is 52.9 Å². The molecule has 4 nitrogen and oxygen atoms in total. The maximum Gasteiger partial charge on any atom is 0.272 e. The van der Waals surface area contributed by atoms with Crippen molar-refractivity contribution in [2.45, 2.75) is 46.6 Å². The van der Waals surface area contributed by atoms with Crippen LogP contribution in [-0.4, -0.2) is 34.3 Å². The first-order chi connectivity index (χ1) is 14.9. The molecule has 168 valence electrons. The quantitative estimate of drug-likeness (QED) is 0.264. The van der Waals surface area contributed by atoms with Crippen LogP contribution in [0.4, 0.5) is 8.78 Å². The Hall–Kier alpha value is -3.02.